The summed E-state index contributed by atoms with van der Waals surface area (Å²) in [6, 6.07) is 17.9. The van der Waals surface area contributed by atoms with E-state index in [2.05, 4.69) is 66.5 Å². The molecule has 2 aromatic carbocycles. The van der Waals surface area contributed by atoms with Crippen molar-refractivity contribution in [3.63, 3.8) is 0 Å². The van der Waals surface area contributed by atoms with Gasteiger partial charge in [-0.05, 0) is 67.7 Å². The van der Waals surface area contributed by atoms with E-state index in [1.807, 2.05) is 56.1 Å². The fourth-order valence-corrected chi connectivity index (χ4v) is 6.36. The summed E-state index contributed by atoms with van der Waals surface area (Å²) in [5.41, 5.74) is 13.8. The molecule has 2 amide bonds. The third-order valence-corrected chi connectivity index (χ3v) is 8.98. The van der Waals surface area contributed by atoms with E-state index in [9.17, 15) is 9.59 Å². The topological polar surface area (TPSA) is 139 Å². The van der Waals surface area contributed by atoms with E-state index in [0.717, 1.165) is 66.4 Å². The minimum Gasteiger partial charge on any atom is -0.475 e. The lowest BCUT2D eigenvalue weighted by molar-refractivity contribution is -0.131. The highest BCUT2D eigenvalue weighted by molar-refractivity contribution is 5.80. The predicted octanol–water partition coefficient (Wildman–Crippen LogP) is 4.28. The number of fused-ring (bicyclic) bond motifs is 1. The number of hydrogen-bond donors (Lipinski definition) is 3. The van der Waals surface area contributed by atoms with Crippen LogP contribution in [-0.4, -0.2) is 93.9 Å². The maximum Gasteiger partial charge on any atom is 0.237 e. The number of pyridine rings is 1. The molecule has 0 aliphatic carbocycles. The van der Waals surface area contributed by atoms with Crippen LogP contribution in [0.5, 0.6) is 5.88 Å². The van der Waals surface area contributed by atoms with E-state index in [-0.39, 0.29) is 24.2 Å². The van der Waals surface area contributed by atoms with Crippen LogP contribution >= 0.6 is 0 Å². The number of hydrogen-bond acceptors (Lipinski definition) is 10. The van der Waals surface area contributed by atoms with E-state index < -0.39 is 0 Å². The van der Waals surface area contributed by atoms with Crippen molar-refractivity contribution in [3.8, 4) is 17.3 Å². The van der Waals surface area contributed by atoms with Crippen molar-refractivity contribution in [2.45, 2.75) is 44.9 Å². The third-order valence-electron chi connectivity index (χ3n) is 8.98. The van der Waals surface area contributed by atoms with E-state index >= 15 is 0 Å². The Morgan fingerprint density at radius 3 is 2.58 bits per heavy atom. The Hall–Kier alpha value is -5.11. The summed E-state index contributed by atoms with van der Waals surface area (Å²) in [5, 5.41) is 7.01. The zero-order chi connectivity index (χ0) is 35.0. The van der Waals surface area contributed by atoms with Gasteiger partial charge in [0.1, 0.15) is 6.33 Å². The second-order valence-corrected chi connectivity index (χ2v) is 12.9. The molecule has 3 aliphatic rings. The van der Waals surface area contributed by atoms with Gasteiger partial charge in [0.15, 0.2) is 5.82 Å². The van der Waals surface area contributed by atoms with Gasteiger partial charge in [0.05, 0.1) is 30.5 Å². The van der Waals surface area contributed by atoms with Crippen molar-refractivity contribution in [2.24, 2.45) is 7.05 Å². The number of nitrogens with one attached hydrogen (secondary N) is 3. The van der Waals surface area contributed by atoms with Gasteiger partial charge in [-0.15, -0.1) is 0 Å². The maximum absolute atomic E-state index is 12.6. The Bertz CT molecular complexity index is 1810. The largest absolute Gasteiger partial charge is 0.475 e. The normalized spacial score (nSPS) is 18.5. The average molecular weight is 680 g/mol. The summed E-state index contributed by atoms with van der Waals surface area (Å²) in [4.78, 5) is 35.9. The summed E-state index contributed by atoms with van der Waals surface area (Å²) < 4.78 is 12.7. The van der Waals surface area contributed by atoms with Gasteiger partial charge in [-0.25, -0.2) is 15.4 Å². The van der Waals surface area contributed by atoms with Crippen LogP contribution in [0.4, 0.5) is 11.4 Å². The highest BCUT2D eigenvalue weighted by atomic mass is 16.5. The molecule has 7 rings (SSSR count). The summed E-state index contributed by atoms with van der Waals surface area (Å²) >= 11 is 0. The smallest absolute Gasteiger partial charge is 0.237 e. The van der Waals surface area contributed by atoms with Crippen molar-refractivity contribution >= 4 is 29.3 Å². The minimum absolute atomic E-state index is 0.0269. The molecular formula is C37H45N9O4. The number of ether oxygens (including phenoxy) is 2. The van der Waals surface area contributed by atoms with Crippen molar-refractivity contribution in [1.29, 1.82) is 0 Å². The molecule has 13 heteroatoms. The number of aryl methyl sites for hydroxylation is 1. The molecule has 2 atom stereocenters. The number of hydrazine groups is 1. The first-order valence-corrected chi connectivity index (χ1v) is 17.0. The molecule has 1 saturated heterocycles. The van der Waals surface area contributed by atoms with E-state index in [0.29, 0.717) is 25.4 Å². The molecule has 262 valence electrons. The molecule has 13 nitrogen and oxygen atoms in total. The van der Waals surface area contributed by atoms with Gasteiger partial charge >= 0.3 is 0 Å². The fraction of sp³-hybridized carbons (Fsp3) is 0.378. The van der Waals surface area contributed by atoms with Crippen molar-refractivity contribution in [1.82, 2.24) is 35.0 Å². The standard InChI is InChI=1S/C21H27N5O2.C16H18N4O2/c1-24-15-22-21(23-24)18-5-3-16(4-6-18)17-7-11-26(12-8-17)20(27)14-25-10-9-19(13-25)28-2;1-10(2)22-15-7-11(5-6-17-15)16-13-8-12(18-9-21)3-4-14(13)19-20-16/h3-7,15,19H,8-14H2,1-2H3;3-10,16,19-20H,1-2H3,(H,18,21)/t19-;/m0./s1. The first-order chi connectivity index (χ1) is 24.3. The molecule has 3 aliphatic heterocycles. The van der Waals surface area contributed by atoms with Gasteiger partial charge in [-0.1, -0.05) is 30.3 Å². The van der Waals surface area contributed by atoms with Crippen LogP contribution in [0.1, 0.15) is 49.4 Å². The monoisotopic (exact) mass is 679 g/mol. The Labute approximate surface area is 292 Å². The molecule has 3 N–H and O–H groups in total. The number of aromatic nitrogens is 4. The number of benzene rings is 2. The first-order valence-electron chi connectivity index (χ1n) is 17.0. The second kappa shape index (κ2) is 16.1. The number of rotatable bonds is 10. The van der Waals surface area contributed by atoms with Crippen LogP contribution in [0, 0.1) is 0 Å². The van der Waals surface area contributed by atoms with Crippen molar-refractivity contribution in [3.05, 3.63) is 89.9 Å². The van der Waals surface area contributed by atoms with E-state index in [1.165, 1.54) is 11.1 Å². The van der Waals surface area contributed by atoms with Crippen LogP contribution in [-0.2, 0) is 21.4 Å². The summed E-state index contributed by atoms with van der Waals surface area (Å²) in [6.45, 7) is 7.68. The Kier molecular flexibility index (Phi) is 11.2. The number of carbonyl (C=O) groups is 2. The van der Waals surface area contributed by atoms with Crippen molar-refractivity contribution in [2.75, 3.05) is 50.6 Å². The molecule has 0 spiro atoms. The van der Waals surface area contributed by atoms with Crippen LogP contribution in [0.3, 0.4) is 0 Å². The lowest BCUT2D eigenvalue weighted by Crippen LogP contribution is -2.41. The Morgan fingerprint density at radius 1 is 1.08 bits per heavy atom. The lowest BCUT2D eigenvalue weighted by Gasteiger charge is -2.28. The van der Waals surface area contributed by atoms with Crippen LogP contribution < -0.4 is 20.9 Å². The molecule has 0 radical (unpaired) electrons. The number of carbonyl (C=O) groups excluding carboxylic acids is 2. The second-order valence-electron chi connectivity index (χ2n) is 12.9. The molecule has 0 bridgehead atoms. The molecule has 2 aromatic heterocycles. The molecule has 5 heterocycles. The Morgan fingerprint density at radius 2 is 1.90 bits per heavy atom. The van der Waals surface area contributed by atoms with Crippen LogP contribution in [0.25, 0.3) is 17.0 Å². The van der Waals surface area contributed by atoms with Gasteiger partial charge in [-0.2, -0.15) is 5.10 Å². The number of amides is 2. The molecule has 0 saturated carbocycles. The Balaban J connectivity index is 0.000000178. The molecule has 1 fully saturated rings. The molecular weight excluding hydrogens is 634 g/mol. The summed E-state index contributed by atoms with van der Waals surface area (Å²) in [7, 11) is 3.61. The number of likely N-dealkylation sites (tertiary alicyclic amines) is 1. The van der Waals surface area contributed by atoms with E-state index in [1.54, 1.807) is 24.3 Å². The highest BCUT2D eigenvalue weighted by Crippen LogP contribution is 2.35. The third kappa shape index (κ3) is 8.54. The van der Waals surface area contributed by atoms with Gasteiger partial charge in [0.2, 0.25) is 18.2 Å². The molecule has 1 unspecified atom stereocenters. The maximum atomic E-state index is 12.6. The zero-order valence-electron chi connectivity index (χ0n) is 29.0. The van der Waals surface area contributed by atoms with Gasteiger partial charge in [0.25, 0.3) is 0 Å². The average Bonchev–Trinajstić information content (AvgIpc) is 3.88. The van der Waals surface area contributed by atoms with Crippen LogP contribution in [0.2, 0.25) is 0 Å². The lowest BCUT2D eigenvalue weighted by atomic mass is 9.98. The van der Waals surface area contributed by atoms with Gasteiger partial charge < -0.3 is 25.1 Å². The van der Waals surface area contributed by atoms with Gasteiger partial charge in [0, 0.05) is 69.4 Å². The van der Waals surface area contributed by atoms with E-state index in [4.69, 9.17) is 9.47 Å². The molecule has 50 heavy (non-hydrogen) atoms. The number of anilines is 2. The number of nitrogens with zero attached hydrogens (tertiary/aromatic N) is 6. The van der Waals surface area contributed by atoms with Crippen molar-refractivity contribution < 1.29 is 19.1 Å². The SMILES string of the molecule is CC(C)Oc1cc(C2NNc3ccc(NC=O)cc32)ccn1.CO[C@H]1CCN(CC(=O)N2CC=C(c3ccc(-c4ncn(C)n4)cc3)CC2)C1. The van der Waals surface area contributed by atoms with Gasteiger partial charge in [-0.3, -0.25) is 19.2 Å². The quantitative estimate of drug-likeness (QED) is 0.208. The van der Waals surface area contributed by atoms with Crippen LogP contribution in [0.15, 0.2) is 73.2 Å². The minimum atomic E-state index is -0.0269. The first kappa shape index (κ1) is 34.7. The predicted molar refractivity (Wildman–Crippen MR) is 192 cm³/mol. The highest BCUT2D eigenvalue weighted by Gasteiger charge is 2.27. The zero-order valence-corrected chi connectivity index (χ0v) is 29.0. The fourth-order valence-electron chi connectivity index (χ4n) is 6.36. The molecule has 4 aromatic rings. The summed E-state index contributed by atoms with van der Waals surface area (Å²) in [6.07, 6.45) is 8.53. The number of methoxy groups -OCH3 is 1. The summed E-state index contributed by atoms with van der Waals surface area (Å²) in [5.74, 6) is 1.55.